The molecule has 7 heteroatoms. The summed E-state index contributed by atoms with van der Waals surface area (Å²) in [5.74, 6) is 0. The van der Waals surface area contributed by atoms with Gasteiger partial charge in [0.25, 0.3) is 0 Å². The van der Waals surface area contributed by atoms with Crippen LogP contribution in [0.5, 0.6) is 0 Å². The number of nitrogens with one attached hydrogen (secondary N) is 2. The highest BCUT2D eigenvalue weighted by atomic mass is 17.1. The number of hydrogen-bond donors (Lipinski definition) is 4. The van der Waals surface area contributed by atoms with Gasteiger partial charge < -0.3 is 10.8 Å². The summed E-state index contributed by atoms with van der Waals surface area (Å²) in [6.07, 6.45) is -0.477. The standard InChI is InChI=1S/C4H13N3O4/c1-4(5)10-7-11-6-9-3-2-8/h4,6-8H,2-3,5H2,1H3. The van der Waals surface area contributed by atoms with Crippen LogP contribution in [0.15, 0.2) is 0 Å². The van der Waals surface area contributed by atoms with E-state index in [1.54, 1.807) is 6.92 Å². The minimum absolute atomic E-state index is 0.0927. The minimum atomic E-state index is -0.477. The largest absolute Gasteiger partial charge is 0.394 e. The predicted octanol–water partition coefficient (Wildman–Crippen LogP) is -1.83. The van der Waals surface area contributed by atoms with Crippen LogP contribution in [0, 0.1) is 0 Å². The fourth-order valence-corrected chi connectivity index (χ4v) is 0.234. The normalized spacial score (nSPS) is 13.4. The van der Waals surface area contributed by atoms with Crippen molar-refractivity contribution >= 4 is 0 Å². The molecular weight excluding hydrogens is 154 g/mol. The lowest BCUT2D eigenvalue weighted by atomic mass is 10.7. The van der Waals surface area contributed by atoms with Gasteiger partial charge in [-0.1, -0.05) is 11.3 Å². The molecule has 0 radical (unpaired) electrons. The maximum atomic E-state index is 8.22. The van der Waals surface area contributed by atoms with Crippen molar-refractivity contribution in [2.45, 2.75) is 13.2 Å². The van der Waals surface area contributed by atoms with E-state index >= 15 is 0 Å². The molecule has 0 aromatic carbocycles. The van der Waals surface area contributed by atoms with Gasteiger partial charge in [0.05, 0.1) is 13.2 Å². The second kappa shape index (κ2) is 7.82. The Morgan fingerprint density at radius 1 is 1.55 bits per heavy atom. The molecule has 0 aliphatic carbocycles. The third kappa shape index (κ3) is 9.72. The summed E-state index contributed by atoms with van der Waals surface area (Å²) >= 11 is 0. The fraction of sp³-hybridized carbons (Fsp3) is 1.00. The average Bonchev–Trinajstić information content (AvgIpc) is 1.96. The summed E-state index contributed by atoms with van der Waals surface area (Å²) in [7, 11) is 0. The van der Waals surface area contributed by atoms with Crippen molar-refractivity contribution in [1.82, 2.24) is 11.3 Å². The highest BCUT2D eigenvalue weighted by Gasteiger charge is 1.90. The second-order valence-corrected chi connectivity index (χ2v) is 1.66. The molecule has 0 aliphatic rings. The number of aliphatic hydroxyl groups excluding tert-OH is 1. The number of aliphatic hydroxyl groups is 1. The van der Waals surface area contributed by atoms with Crippen LogP contribution < -0.4 is 17.0 Å². The Labute approximate surface area is 64.2 Å². The lowest BCUT2D eigenvalue weighted by Gasteiger charge is -2.07. The lowest BCUT2D eigenvalue weighted by molar-refractivity contribution is -0.299. The van der Waals surface area contributed by atoms with E-state index in [0.29, 0.717) is 0 Å². The summed E-state index contributed by atoms with van der Waals surface area (Å²) in [6.45, 7) is 1.65. The first-order valence-electron chi connectivity index (χ1n) is 3.07. The van der Waals surface area contributed by atoms with E-state index in [1.165, 1.54) is 0 Å². The Balaban J connectivity index is 2.80. The summed E-state index contributed by atoms with van der Waals surface area (Å²) in [6, 6.07) is 0. The third-order valence-electron chi connectivity index (χ3n) is 0.570. The molecule has 11 heavy (non-hydrogen) atoms. The first kappa shape index (κ1) is 10.7. The molecule has 0 saturated carbocycles. The van der Waals surface area contributed by atoms with Crippen molar-refractivity contribution < 1.29 is 19.7 Å². The van der Waals surface area contributed by atoms with E-state index in [2.05, 4.69) is 14.6 Å². The topological polar surface area (TPSA) is 98.0 Å². The zero-order valence-electron chi connectivity index (χ0n) is 6.24. The number of nitrogens with two attached hydrogens (primary N) is 1. The van der Waals surface area contributed by atoms with Crippen molar-refractivity contribution in [3.63, 3.8) is 0 Å². The smallest absolute Gasteiger partial charge is 0.127 e. The van der Waals surface area contributed by atoms with E-state index < -0.39 is 6.23 Å². The molecule has 0 rings (SSSR count). The Morgan fingerprint density at radius 2 is 2.27 bits per heavy atom. The minimum Gasteiger partial charge on any atom is -0.394 e. The van der Waals surface area contributed by atoms with E-state index in [9.17, 15) is 0 Å². The Morgan fingerprint density at radius 3 is 2.82 bits per heavy atom. The van der Waals surface area contributed by atoms with Crippen LogP contribution in [0.25, 0.3) is 0 Å². The molecule has 0 heterocycles. The van der Waals surface area contributed by atoms with Crippen LogP contribution in [-0.4, -0.2) is 24.5 Å². The maximum absolute atomic E-state index is 8.22. The van der Waals surface area contributed by atoms with Gasteiger partial charge in [-0.15, -0.1) is 0 Å². The van der Waals surface area contributed by atoms with E-state index in [1.807, 2.05) is 11.3 Å². The third-order valence-corrected chi connectivity index (χ3v) is 0.570. The van der Waals surface area contributed by atoms with Crippen LogP contribution in [0.2, 0.25) is 0 Å². The highest BCUT2D eigenvalue weighted by molar-refractivity contribution is 4.22. The second-order valence-electron chi connectivity index (χ2n) is 1.66. The molecule has 0 spiro atoms. The van der Waals surface area contributed by atoms with Crippen molar-refractivity contribution in [1.29, 1.82) is 0 Å². The molecular formula is C4H13N3O4. The van der Waals surface area contributed by atoms with Gasteiger partial charge >= 0.3 is 0 Å². The van der Waals surface area contributed by atoms with Crippen molar-refractivity contribution in [3.8, 4) is 0 Å². The number of rotatable bonds is 7. The highest BCUT2D eigenvalue weighted by Crippen LogP contribution is 1.72. The zero-order valence-corrected chi connectivity index (χ0v) is 6.24. The van der Waals surface area contributed by atoms with Crippen LogP contribution in [0.3, 0.4) is 0 Å². The monoisotopic (exact) mass is 167 g/mol. The van der Waals surface area contributed by atoms with Gasteiger partial charge in [0, 0.05) is 0 Å². The molecule has 7 nitrogen and oxygen atoms in total. The summed E-state index contributed by atoms with van der Waals surface area (Å²) < 4.78 is 0. The molecule has 0 amide bonds. The van der Waals surface area contributed by atoms with E-state index in [-0.39, 0.29) is 13.2 Å². The molecule has 68 valence electrons. The average molecular weight is 167 g/mol. The van der Waals surface area contributed by atoms with Crippen LogP contribution in [-0.2, 0) is 14.6 Å². The molecule has 0 fully saturated rings. The first-order valence-corrected chi connectivity index (χ1v) is 3.07. The van der Waals surface area contributed by atoms with Crippen LogP contribution in [0.1, 0.15) is 6.92 Å². The lowest BCUT2D eigenvalue weighted by Crippen LogP contribution is -2.33. The molecule has 0 aliphatic heterocycles. The molecule has 0 aromatic heterocycles. The van der Waals surface area contributed by atoms with Crippen LogP contribution >= 0.6 is 0 Å². The molecule has 1 atom stereocenters. The Bertz CT molecular complexity index is 81.7. The van der Waals surface area contributed by atoms with Crippen LogP contribution in [0.4, 0.5) is 0 Å². The summed E-state index contributed by atoms with van der Waals surface area (Å²) in [5.41, 5.74) is 9.15. The maximum Gasteiger partial charge on any atom is 0.127 e. The number of hydrogen-bond acceptors (Lipinski definition) is 7. The van der Waals surface area contributed by atoms with Gasteiger partial charge in [-0.05, 0) is 6.92 Å². The first-order chi connectivity index (χ1) is 5.27. The van der Waals surface area contributed by atoms with Gasteiger partial charge in [0.2, 0.25) is 0 Å². The molecule has 0 aromatic rings. The molecule has 0 bridgehead atoms. The SMILES string of the molecule is CC(N)ONONOCCO. The van der Waals surface area contributed by atoms with Gasteiger partial charge in [0.1, 0.15) is 6.23 Å². The predicted molar refractivity (Wildman–Crippen MR) is 35.1 cm³/mol. The fourth-order valence-electron chi connectivity index (χ4n) is 0.234. The molecule has 1 unspecified atom stereocenters. The van der Waals surface area contributed by atoms with Gasteiger partial charge in [-0.3, -0.25) is 9.68 Å². The van der Waals surface area contributed by atoms with E-state index in [4.69, 9.17) is 10.8 Å². The van der Waals surface area contributed by atoms with Crippen molar-refractivity contribution in [2.75, 3.05) is 13.2 Å². The zero-order chi connectivity index (χ0) is 8.53. The van der Waals surface area contributed by atoms with Crippen molar-refractivity contribution in [3.05, 3.63) is 0 Å². The summed E-state index contributed by atoms with van der Waals surface area (Å²) in [5, 5.41) is 8.22. The Hall–Kier alpha value is -0.280. The molecule has 5 N–H and O–H groups in total. The van der Waals surface area contributed by atoms with E-state index in [0.717, 1.165) is 0 Å². The summed E-state index contributed by atoms with van der Waals surface area (Å²) in [4.78, 5) is 13.3. The van der Waals surface area contributed by atoms with Crippen molar-refractivity contribution in [2.24, 2.45) is 5.73 Å². The molecule has 0 saturated heterocycles. The van der Waals surface area contributed by atoms with Gasteiger partial charge in [-0.2, -0.15) is 4.94 Å². The van der Waals surface area contributed by atoms with Gasteiger partial charge in [-0.25, -0.2) is 0 Å². The quantitative estimate of drug-likeness (QED) is 0.201. The van der Waals surface area contributed by atoms with Gasteiger partial charge in [0.15, 0.2) is 0 Å². The Kier molecular flexibility index (Phi) is 7.62.